The van der Waals surface area contributed by atoms with Gasteiger partial charge in [0.25, 0.3) is 0 Å². The highest BCUT2D eigenvalue weighted by atomic mass is 16.5. The van der Waals surface area contributed by atoms with Crippen LogP contribution in [0, 0.1) is 0 Å². The molecule has 1 aliphatic carbocycles. The van der Waals surface area contributed by atoms with Gasteiger partial charge in [-0.25, -0.2) is 0 Å². The van der Waals surface area contributed by atoms with E-state index in [1.165, 1.54) is 19.3 Å². The smallest absolute Gasteiger partial charge is 0.147 e. The van der Waals surface area contributed by atoms with Crippen molar-refractivity contribution in [2.24, 2.45) is 5.73 Å². The summed E-state index contributed by atoms with van der Waals surface area (Å²) in [6.45, 7) is 0.575. The summed E-state index contributed by atoms with van der Waals surface area (Å²) in [5.74, 6) is 1.65. The van der Waals surface area contributed by atoms with Gasteiger partial charge in [-0.1, -0.05) is 17.6 Å². The maximum Gasteiger partial charge on any atom is 0.147 e. The van der Waals surface area contributed by atoms with Crippen LogP contribution >= 0.6 is 0 Å². The van der Waals surface area contributed by atoms with E-state index in [1.807, 2.05) is 12.1 Å². The lowest BCUT2D eigenvalue weighted by Gasteiger charge is -2.22. The highest BCUT2D eigenvalue weighted by Gasteiger charge is 2.25. The van der Waals surface area contributed by atoms with Crippen LogP contribution in [0.2, 0.25) is 0 Å². The molecule has 1 aromatic heterocycles. The van der Waals surface area contributed by atoms with Gasteiger partial charge in [-0.3, -0.25) is 0 Å². The molecule has 0 atom stereocenters. The number of nitrogens with zero attached hydrogens (tertiary/aromatic N) is 1. The molecule has 2 N–H and O–H groups in total. The lowest BCUT2D eigenvalue weighted by Crippen LogP contribution is -2.07. The number of hydrogen-bond donors (Lipinski definition) is 1. The van der Waals surface area contributed by atoms with E-state index in [-0.39, 0.29) is 0 Å². The molecule has 0 unspecified atom stereocenters. The summed E-state index contributed by atoms with van der Waals surface area (Å²) in [4.78, 5) is 0. The van der Waals surface area contributed by atoms with E-state index in [0.717, 1.165) is 22.2 Å². The summed E-state index contributed by atoms with van der Waals surface area (Å²) >= 11 is 0. The van der Waals surface area contributed by atoms with Crippen LogP contribution in [0.5, 0.6) is 0 Å². The minimum Gasteiger partial charge on any atom is -0.360 e. The summed E-state index contributed by atoms with van der Waals surface area (Å²) in [5.41, 5.74) is 7.73. The number of rotatable bonds is 2. The van der Waals surface area contributed by atoms with E-state index >= 15 is 0 Å². The molecule has 1 aliphatic rings. The van der Waals surface area contributed by atoms with E-state index in [4.69, 9.17) is 10.3 Å². The molecule has 1 heterocycles. The molecule has 78 valence electrons. The summed E-state index contributed by atoms with van der Waals surface area (Å²) < 4.78 is 5.43. The Morgan fingerprint density at radius 1 is 1.40 bits per heavy atom. The Balaban J connectivity index is 2.13. The van der Waals surface area contributed by atoms with Crippen molar-refractivity contribution >= 4 is 10.9 Å². The Labute approximate surface area is 88.2 Å². The molecule has 1 saturated carbocycles. The van der Waals surface area contributed by atoms with Gasteiger partial charge in [0.2, 0.25) is 0 Å². The predicted octanol–water partition coefficient (Wildman–Crippen LogP) is 2.55. The molecule has 0 aliphatic heterocycles. The molecule has 1 fully saturated rings. The first kappa shape index (κ1) is 8.92. The Morgan fingerprint density at radius 2 is 2.27 bits per heavy atom. The lowest BCUT2D eigenvalue weighted by molar-refractivity contribution is 0.305. The summed E-state index contributed by atoms with van der Waals surface area (Å²) in [6.07, 6.45) is 3.78. The van der Waals surface area contributed by atoms with Crippen molar-refractivity contribution in [2.45, 2.75) is 31.7 Å². The fourth-order valence-corrected chi connectivity index (χ4v) is 2.10. The zero-order valence-corrected chi connectivity index (χ0v) is 8.57. The van der Waals surface area contributed by atoms with E-state index < -0.39 is 0 Å². The third-order valence-electron chi connectivity index (χ3n) is 3.28. The van der Waals surface area contributed by atoms with Crippen molar-refractivity contribution in [2.75, 3.05) is 0 Å². The van der Waals surface area contributed by atoms with E-state index in [9.17, 15) is 0 Å². The molecule has 3 nitrogen and oxygen atoms in total. The maximum absolute atomic E-state index is 5.63. The lowest BCUT2D eigenvalue weighted by atomic mass is 9.82. The van der Waals surface area contributed by atoms with Gasteiger partial charge in [-0.05, 0) is 30.5 Å². The molecular weight excluding hydrogens is 188 g/mol. The average Bonchev–Trinajstić information content (AvgIpc) is 2.59. The second-order valence-corrected chi connectivity index (χ2v) is 4.23. The Morgan fingerprint density at radius 3 is 2.93 bits per heavy atom. The van der Waals surface area contributed by atoms with Crippen LogP contribution in [-0.4, -0.2) is 5.16 Å². The highest BCUT2D eigenvalue weighted by Crippen LogP contribution is 2.39. The summed E-state index contributed by atoms with van der Waals surface area (Å²) in [7, 11) is 0. The minimum atomic E-state index is 0.575. The largest absolute Gasteiger partial charge is 0.360 e. The molecule has 0 spiro atoms. The maximum atomic E-state index is 5.63. The van der Waals surface area contributed by atoms with Crippen LogP contribution in [0.3, 0.4) is 0 Å². The SMILES string of the molecule is NCc1ccc2noc(C3CCC3)c2c1. The second-order valence-electron chi connectivity index (χ2n) is 4.23. The Bertz CT molecular complexity index is 485. The normalized spacial score (nSPS) is 16.9. The van der Waals surface area contributed by atoms with Crippen molar-refractivity contribution < 1.29 is 4.52 Å². The number of fused-ring (bicyclic) bond motifs is 1. The summed E-state index contributed by atoms with van der Waals surface area (Å²) in [6, 6.07) is 6.11. The molecule has 2 aromatic rings. The number of nitrogens with two attached hydrogens (primary N) is 1. The van der Waals surface area contributed by atoms with Crippen LogP contribution in [-0.2, 0) is 6.54 Å². The van der Waals surface area contributed by atoms with Crippen molar-refractivity contribution in [3.8, 4) is 0 Å². The van der Waals surface area contributed by atoms with E-state index in [0.29, 0.717) is 12.5 Å². The first-order chi connectivity index (χ1) is 7.38. The highest BCUT2D eigenvalue weighted by molar-refractivity contribution is 5.81. The minimum absolute atomic E-state index is 0.575. The van der Waals surface area contributed by atoms with Crippen molar-refractivity contribution in [3.05, 3.63) is 29.5 Å². The molecular formula is C12H14N2O. The van der Waals surface area contributed by atoms with E-state index in [1.54, 1.807) is 0 Å². The van der Waals surface area contributed by atoms with Gasteiger partial charge in [0, 0.05) is 17.8 Å². The number of benzene rings is 1. The molecule has 3 heteroatoms. The zero-order valence-electron chi connectivity index (χ0n) is 8.57. The zero-order chi connectivity index (χ0) is 10.3. The van der Waals surface area contributed by atoms with Crippen molar-refractivity contribution in [1.29, 1.82) is 0 Å². The molecule has 0 bridgehead atoms. The predicted molar refractivity (Wildman–Crippen MR) is 58.5 cm³/mol. The Kier molecular flexibility index (Phi) is 1.99. The van der Waals surface area contributed by atoms with Gasteiger partial charge in [0.1, 0.15) is 11.3 Å². The van der Waals surface area contributed by atoms with Gasteiger partial charge in [-0.2, -0.15) is 0 Å². The quantitative estimate of drug-likeness (QED) is 0.814. The van der Waals surface area contributed by atoms with Crippen LogP contribution in [0.1, 0.15) is 36.5 Å². The van der Waals surface area contributed by atoms with Crippen LogP contribution in [0.25, 0.3) is 10.9 Å². The first-order valence-corrected chi connectivity index (χ1v) is 5.47. The molecule has 15 heavy (non-hydrogen) atoms. The Hall–Kier alpha value is -1.35. The number of hydrogen-bond acceptors (Lipinski definition) is 3. The fraction of sp³-hybridized carbons (Fsp3) is 0.417. The standard InChI is InChI=1S/C12H14N2O/c13-7-8-4-5-11-10(6-8)12(15-14-11)9-2-1-3-9/h4-6,9H,1-3,7,13H2. The van der Waals surface area contributed by atoms with E-state index in [2.05, 4.69) is 11.2 Å². The molecule has 1 aromatic carbocycles. The third-order valence-corrected chi connectivity index (χ3v) is 3.28. The topological polar surface area (TPSA) is 52.0 Å². The molecule has 0 saturated heterocycles. The fourth-order valence-electron chi connectivity index (χ4n) is 2.10. The van der Waals surface area contributed by atoms with Gasteiger partial charge >= 0.3 is 0 Å². The molecule has 3 rings (SSSR count). The third kappa shape index (κ3) is 1.35. The van der Waals surface area contributed by atoms with Crippen molar-refractivity contribution in [3.63, 3.8) is 0 Å². The molecule has 0 amide bonds. The van der Waals surface area contributed by atoms with Gasteiger partial charge in [-0.15, -0.1) is 0 Å². The van der Waals surface area contributed by atoms with Gasteiger partial charge < -0.3 is 10.3 Å². The van der Waals surface area contributed by atoms with Gasteiger partial charge in [0.15, 0.2) is 0 Å². The second kappa shape index (κ2) is 3.35. The van der Waals surface area contributed by atoms with Crippen molar-refractivity contribution in [1.82, 2.24) is 5.16 Å². The molecule has 0 radical (unpaired) electrons. The average molecular weight is 202 g/mol. The number of aromatic nitrogens is 1. The van der Waals surface area contributed by atoms with Crippen LogP contribution in [0.4, 0.5) is 0 Å². The first-order valence-electron chi connectivity index (χ1n) is 5.47. The van der Waals surface area contributed by atoms with Gasteiger partial charge in [0.05, 0.1) is 0 Å². The monoisotopic (exact) mass is 202 g/mol. The van der Waals surface area contributed by atoms with Crippen LogP contribution in [0.15, 0.2) is 22.7 Å². The summed E-state index contributed by atoms with van der Waals surface area (Å²) in [5, 5.41) is 5.24. The van der Waals surface area contributed by atoms with Crippen LogP contribution < -0.4 is 5.73 Å².